The van der Waals surface area contributed by atoms with E-state index in [0.29, 0.717) is 31.2 Å². The summed E-state index contributed by atoms with van der Waals surface area (Å²) in [5.74, 6) is -0.174. The van der Waals surface area contributed by atoms with Crippen LogP contribution in [-0.4, -0.2) is 61.9 Å². The molecule has 0 saturated carbocycles. The summed E-state index contributed by atoms with van der Waals surface area (Å²) in [7, 11) is 0. The highest BCUT2D eigenvalue weighted by Gasteiger charge is 2.17. The van der Waals surface area contributed by atoms with Crippen molar-refractivity contribution < 1.29 is 14.0 Å². The van der Waals surface area contributed by atoms with Crippen LogP contribution in [-0.2, 0) is 4.79 Å². The summed E-state index contributed by atoms with van der Waals surface area (Å²) >= 11 is 0. The van der Waals surface area contributed by atoms with Gasteiger partial charge in [-0.1, -0.05) is 6.07 Å². The second kappa shape index (κ2) is 12.5. The summed E-state index contributed by atoms with van der Waals surface area (Å²) in [6.07, 6.45) is 2.11. The van der Waals surface area contributed by atoms with Gasteiger partial charge in [0.2, 0.25) is 5.91 Å². The first-order valence-electron chi connectivity index (χ1n) is 9.35. The Morgan fingerprint density at radius 3 is 2.46 bits per heavy atom. The maximum absolute atomic E-state index is 13.5. The number of amides is 2. The zero-order valence-electron chi connectivity index (χ0n) is 16.4. The molecular formula is C19H29FIN5O2. The van der Waals surface area contributed by atoms with Gasteiger partial charge in [0.15, 0.2) is 5.96 Å². The maximum Gasteiger partial charge on any atom is 0.251 e. The molecule has 1 saturated heterocycles. The fraction of sp³-hybridized carbons (Fsp3) is 0.526. The van der Waals surface area contributed by atoms with E-state index in [0.717, 1.165) is 25.9 Å². The molecule has 0 spiro atoms. The van der Waals surface area contributed by atoms with Crippen molar-refractivity contribution in [3.63, 3.8) is 0 Å². The third kappa shape index (κ3) is 7.61. The van der Waals surface area contributed by atoms with Gasteiger partial charge in [0.25, 0.3) is 5.91 Å². The Balaban J connectivity index is 0.00000392. The van der Waals surface area contributed by atoms with E-state index in [-0.39, 0.29) is 47.9 Å². The molecule has 1 fully saturated rings. The average Bonchev–Trinajstić information content (AvgIpc) is 3.19. The van der Waals surface area contributed by atoms with Gasteiger partial charge in [0.1, 0.15) is 12.4 Å². The maximum atomic E-state index is 13.5. The first kappa shape index (κ1) is 24.1. The van der Waals surface area contributed by atoms with Crippen LogP contribution >= 0.6 is 24.0 Å². The van der Waals surface area contributed by atoms with Crippen LogP contribution in [0.1, 0.15) is 35.7 Å². The average molecular weight is 505 g/mol. The summed E-state index contributed by atoms with van der Waals surface area (Å²) in [6, 6.07) is 4.40. The minimum atomic E-state index is -0.398. The molecule has 0 aliphatic carbocycles. The number of hydrogen-bond donors (Lipinski definition) is 3. The number of hydrogen-bond acceptors (Lipinski definition) is 3. The Bertz CT molecular complexity index is 693. The minimum absolute atomic E-state index is 0. The Morgan fingerprint density at radius 1 is 1.14 bits per heavy atom. The Kier molecular flexibility index (Phi) is 10.8. The van der Waals surface area contributed by atoms with Gasteiger partial charge in [-0.3, -0.25) is 9.59 Å². The molecule has 28 heavy (non-hydrogen) atoms. The second-order valence-electron chi connectivity index (χ2n) is 6.43. The molecule has 2 amide bonds. The third-order valence-corrected chi connectivity index (χ3v) is 4.31. The molecule has 0 atom stereocenters. The zero-order valence-corrected chi connectivity index (χ0v) is 18.7. The van der Waals surface area contributed by atoms with Crippen LogP contribution in [0.2, 0.25) is 0 Å². The first-order chi connectivity index (χ1) is 13.0. The number of benzene rings is 1. The largest absolute Gasteiger partial charge is 0.357 e. The highest BCUT2D eigenvalue weighted by molar-refractivity contribution is 14.0. The Morgan fingerprint density at radius 2 is 1.82 bits per heavy atom. The second-order valence-corrected chi connectivity index (χ2v) is 6.43. The highest BCUT2D eigenvalue weighted by Crippen LogP contribution is 2.09. The van der Waals surface area contributed by atoms with Gasteiger partial charge in [-0.05, 0) is 44.4 Å². The van der Waals surface area contributed by atoms with E-state index < -0.39 is 5.82 Å². The van der Waals surface area contributed by atoms with Crippen molar-refractivity contribution in [2.45, 2.75) is 26.7 Å². The van der Waals surface area contributed by atoms with E-state index in [4.69, 9.17) is 0 Å². The monoisotopic (exact) mass is 505 g/mol. The zero-order chi connectivity index (χ0) is 19.6. The number of nitrogens with one attached hydrogen (secondary N) is 3. The normalized spacial score (nSPS) is 13.7. The molecule has 0 aromatic heterocycles. The van der Waals surface area contributed by atoms with Crippen molar-refractivity contribution in [3.8, 4) is 0 Å². The molecule has 1 aromatic carbocycles. The van der Waals surface area contributed by atoms with Crippen LogP contribution in [0, 0.1) is 12.7 Å². The SMILES string of the molecule is CCNC(=NCC(=O)N1CCCC1)NCCNC(=O)c1ccc(C)c(F)c1.I. The molecule has 0 radical (unpaired) electrons. The number of aliphatic imine (C=N–C) groups is 1. The van der Waals surface area contributed by atoms with Crippen LogP contribution in [0.3, 0.4) is 0 Å². The molecular weight excluding hydrogens is 476 g/mol. The van der Waals surface area contributed by atoms with Crippen molar-refractivity contribution in [1.29, 1.82) is 0 Å². The van der Waals surface area contributed by atoms with Gasteiger partial charge in [-0.2, -0.15) is 0 Å². The van der Waals surface area contributed by atoms with Crippen LogP contribution < -0.4 is 16.0 Å². The molecule has 1 aliphatic heterocycles. The predicted molar refractivity (Wildman–Crippen MR) is 119 cm³/mol. The minimum Gasteiger partial charge on any atom is -0.357 e. The van der Waals surface area contributed by atoms with E-state index in [2.05, 4.69) is 20.9 Å². The fourth-order valence-corrected chi connectivity index (χ4v) is 2.75. The summed E-state index contributed by atoms with van der Waals surface area (Å²) in [5.41, 5.74) is 0.790. The lowest BCUT2D eigenvalue weighted by Crippen LogP contribution is -2.42. The van der Waals surface area contributed by atoms with Gasteiger partial charge in [-0.15, -0.1) is 24.0 Å². The molecule has 1 aliphatic rings. The summed E-state index contributed by atoms with van der Waals surface area (Å²) in [6.45, 7) is 6.75. The van der Waals surface area contributed by atoms with Gasteiger partial charge in [0, 0.05) is 38.3 Å². The van der Waals surface area contributed by atoms with E-state index in [1.807, 2.05) is 11.8 Å². The van der Waals surface area contributed by atoms with Crippen molar-refractivity contribution in [1.82, 2.24) is 20.9 Å². The predicted octanol–water partition coefficient (Wildman–Crippen LogP) is 1.66. The first-order valence-corrected chi connectivity index (χ1v) is 9.35. The van der Waals surface area contributed by atoms with Crippen LogP contribution in [0.5, 0.6) is 0 Å². The lowest BCUT2D eigenvalue weighted by Gasteiger charge is -2.15. The Labute approximate surface area is 182 Å². The molecule has 1 heterocycles. The van der Waals surface area contributed by atoms with E-state index in [1.54, 1.807) is 19.1 Å². The summed E-state index contributed by atoms with van der Waals surface area (Å²) in [4.78, 5) is 30.2. The number of carbonyl (C=O) groups is 2. The van der Waals surface area contributed by atoms with Gasteiger partial charge in [0.05, 0.1) is 0 Å². The standard InChI is InChI=1S/C19H28FN5O2.HI/c1-3-21-19(24-13-17(26)25-10-4-5-11-25)23-9-8-22-18(27)15-7-6-14(2)16(20)12-15;/h6-7,12H,3-5,8-11,13H2,1-2H3,(H,22,27)(H2,21,23,24);1H. The van der Waals surface area contributed by atoms with Gasteiger partial charge < -0.3 is 20.9 Å². The van der Waals surface area contributed by atoms with Gasteiger partial charge >= 0.3 is 0 Å². The van der Waals surface area contributed by atoms with E-state index >= 15 is 0 Å². The van der Waals surface area contributed by atoms with Crippen LogP contribution in [0.25, 0.3) is 0 Å². The lowest BCUT2D eigenvalue weighted by atomic mass is 10.1. The highest BCUT2D eigenvalue weighted by atomic mass is 127. The van der Waals surface area contributed by atoms with Gasteiger partial charge in [-0.25, -0.2) is 9.38 Å². The summed E-state index contributed by atoms with van der Waals surface area (Å²) in [5, 5.41) is 8.87. The van der Waals surface area contributed by atoms with Crippen molar-refractivity contribution in [2.24, 2.45) is 4.99 Å². The molecule has 9 heteroatoms. The third-order valence-electron chi connectivity index (χ3n) is 4.31. The molecule has 2 rings (SSSR count). The quantitative estimate of drug-likeness (QED) is 0.228. The molecule has 0 unspecified atom stereocenters. The van der Waals surface area contributed by atoms with Crippen LogP contribution in [0.15, 0.2) is 23.2 Å². The molecule has 3 N–H and O–H groups in total. The van der Waals surface area contributed by atoms with Crippen molar-refractivity contribution in [3.05, 3.63) is 35.1 Å². The number of likely N-dealkylation sites (tertiary alicyclic amines) is 1. The number of nitrogens with zero attached hydrogens (tertiary/aromatic N) is 2. The topological polar surface area (TPSA) is 85.8 Å². The number of halogens is 2. The van der Waals surface area contributed by atoms with Crippen LogP contribution in [0.4, 0.5) is 4.39 Å². The van der Waals surface area contributed by atoms with E-state index in [9.17, 15) is 14.0 Å². The molecule has 0 bridgehead atoms. The summed E-state index contributed by atoms with van der Waals surface area (Å²) < 4.78 is 13.5. The number of rotatable bonds is 7. The van der Waals surface area contributed by atoms with Crippen molar-refractivity contribution in [2.75, 3.05) is 39.3 Å². The van der Waals surface area contributed by atoms with Crippen molar-refractivity contribution >= 4 is 41.8 Å². The number of aryl methyl sites for hydroxylation is 1. The Hall–Kier alpha value is -1.91. The molecule has 156 valence electrons. The fourth-order valence-electron chi connectivity index (χ4n) is 2.75. The smallest absolute Gasteiger partial charge is 0.251 e. The number of carbonyl (C=O) groups excluding carboxylic acids is 2. The lowest BCUT2D eigenvalue weighted by molar-refractivity contribution is -0.128. The molecule has 7 nitrogen and oxygen atoms in total. The molecule has 1 aromatic rings. The van der Waals surface area contributed by atoms with E-state index in [1.165, 1.54) is 6.07 Å². The number of guanidine groups is 1.